The largest absolute Gasteiger partial charge is 0.497 e. The molecule has 0 atom stereocenters. The molecule has 1 aromatic heterocycles. The molecule has 0 aliphatic heterocycles. The van der Waals surface area contributed by atoms with E-state index >= 15 is 0 Å². The van der Waals surface area contributed by atoms with E-state index in [9.17, 15) is 0 Å². The summed E-state index contributed by atoms with van der Waals surface area (Å²) in [4.78, 5) is 1.23. The molecule has 4 heteroatoms. The van der Waals surface area contributed by atoms with E-state index in [1.807, 2.05) is 29.6 Å². The lowest BCUT2D eigenvalue weighted by molar-refractivity contribution is 0.414. The molecule has 0 fully saturated rings. The van der Waals surface area contributed by atoms with Gasteiger partial charge in [0.1, 0.15) is 5.75 Å². The van der Waals surface area contributed by atoms with Crippen molar-refractivity contribution in [2.24, 2.45) is 0 Å². The van der Waals surface area contributed by atoms with Gasteiger partial charge < -0.3 is 10.1 Å². The van der Waals surface area contributed by atoms with E-state index < -0.39 is 0 Å². The molecule has 0 bridgehead atoms. The van der Waals surface area contributed by atoms with Crippen LogP contribution >= 0.6 is 22.9 Å². The second kappa shape index (κ2) is 5.43. The highest BCUT2D eigenvalue weighted by Crippen LogP contribution is 2.23. The summed E-state index contributed by atoms with van der Waals surface area (Å²) in [5.41, 5.74) is 2.29. The lowest BCUT2D eigenvalue weighted by Crippen LogP contribution is -1.99. The third kappa shape index (κ3) is 3.14. The van der Waals surface area contributed by atoms with E-state index in [2.05, 4.69) is 12.2 Å². The molecule has 0 saturated heterocycles. The zero-order valence-electron chi connectivity index (χ0n) is 9.79. The number of thiophene rings is 1. The van der Waals surface area contributed by atoms with Crippen molar-refractivity contribution in [2.45, 2.75) is 13.5 Å². The lowest BCUT2D eigenvalue weighted by atomic mass is 10.2. The molecule has 0 saturated carbocycles. The number of benzene rings is 1. The van der Waals surface area contributed by atoms with Crippen LogP contribution < -0.4 is 10.1 Å². The van der Waals surface area contributed by atoms with Gasteiger partial charge in [0.05, 0.1) is 12.1 Å². The predicted octanol–water partition coefficient (Wildman–Crippen LogP) is 4.33. The van der Waals surface area contributed by atoms with E-state index in [4.69, 9.17) is 16.3 Å². The van der Waals surface area contributed by atoms with Gasteiger partial charge in [-0.25, -0.2) is 0 Å². The van der Waals surface area contributed by atoms with Crippen LogP contribution in [0.1, 0.15) is 10.4 Å². The van der Waals surface area contributed by atoms with Crippen LogP contribution in [-0.4, -0.2) is 7.11 Å². The minimum absolute atomic E-state index is 0.796. The third-order valence-corrected chi connectivity index (χ3v) is 3.79. The summed E-state index contributed by atoms with van der Waals surface area (Å²) in [6.07, 6.45) is 0. The summed E-state index contributed by atoms with van der Waals surface area (Å²) in [5, 5.41) is 6.14. The SMILES string of the molecule is COc1ccc(NCc2cc(Cl)cs2)c(C)c1. The quantitative estimate of drug-likeness (QED) is 0.890. The first-order chi connectivity index (χ1) is 8.19. The molecule has 0 amide bonds. The summed E-state index contributed by atoms with van der Waals surface area (Å²) < 4.78 is 5.17. The van der Waals surface area contributed by atoms with Gasteiger partial charge in [0.15, 0.2) is 0 Å². The van der Waals surface area contributed by atoms with Gasteiger partial charge in [0, 0.05) is 22.5 Å². The summed E-state index contributed by atoms with van der Waals surface area (Å²) in [5.74, 6) is 0.882. The molecule has 0 aliphatic rings. The smallest absolute Gasteiger partial charge is 0.119 e. The third-order valence-electron chi connectivity index (χ3n) is 2.51. The van der Waals surface area contributed by atoms with Crippen molar-refractivity contribution in [1.82, 2.24) is 0 Å². The topological polar surface area (TPSA) is 21.3 Å². The van der Waals surface area contributed by atoms with E-state index in [0.717, 1.165) is 23.0 Å². The van der Waals surface area contributed by atoms with Crippen LogP contribution in [0.25, 0.3) is 0 Å². The molecular weight excluding hydrogens is 254 g/mol. The van der Waals surface area contributed by atoms with Crippen LogP contribution in [0.3, 0.4) is 0 Å². The molecule has 0 radical (unpaired) electrons. The summed E-state index contributed by atoms with van der Waals surface area (Å²) >= 11 is 7.54. The average molecular weight is 268 g/mol. The van der Waals surface area contributed by atoms with Crippen molar-refractivity contribution in [1.29, 1.82) is 0 Å². The molecule has 2 aromatic rings. The van der Waals surface area contributed by atoms with Gasteiger partial charge in [0.25, 0.3) is 0 Å². The van der Waals surface area contributed by atoms with Crippen molar-refractivity contribution in [2.75, 3.05) is 12.4 Å². The van der Waals surface area contributed by atoms with Gasteiger partial charge in [-0.1, -0.05) is 11.6 Å². The first-order valence-corrected chi connectivity index (χ1v) is 6.56. The fraction of sp³-hybridized carbons (Fsp3) is 0.231. The van der Waals surface area contributed by atoms with Gasteiger partial charge in [-0.2, -0.15) is 0 Å². The molecular formula is C13H14ClNOS. The van der Waals surface area contributed by atoms with Crippen molar-refractivity contribution in [3.05, 3.63) is 45.1 Å². The van der Waals surface area contributed by atoms with Crippen LogP contribution in [0.2, 0.25) is 5.02 Å². The van der Waals surface area contributed by atoms with Gasteiger partial charge >= 0.3 is 0 Å². The molecule has 0 unspecified atom stereocenters. The number of hydrogen-bond donors (Lipinski definition) is 1. The number of aryl methyl sites for hydroxylation is 1. The van der Waals surface area contributed by atoms with Crippen molar-refractivity contribution in [3.8, 4) is 5.75 Å². The fourth-order valence-corrected chi connectivity index (χ4v) is 2.60. The maximum Gasteiger partial charge on any atom is 0.119 e. The predicted molar refractivity (Wildman–Crippen MR) is 74.4 cm³/mol. The highest BCUT2D eigenvalue weighted by molar-refractivity contribution is 7.10. The zero-order chi connectivity index (χ0) is 12.3. The first kappa shape index (κ1) is 12.3. The van der Waals surface area contributed by atoms with Crippen LogP contribution in [-0.2, 0) is 6.54 Å². The van der Waals surface area contributed by atoms with Crippen LogP contribution in [0.5, 0.6) is 5.75 Å². The van der Waals surface area contributed by atoms with E-state index in [0.29, 0.717) is 0 Å². The van der Waals surface area contributed by atoms with Crippen LogP contribution in [0, 0.1) is 6.92 Å². The number of methoxy groups -OCH3 is 1. The maximum absolute atomic E-state index is 5.88. The molecule has 1 aromatic carbocycles. The van der Waals surface area contributed by atoms with Crippen molar-refractivity contribution in [3.63, 3.8) is 0 Å². The second-order valence-corrected chi connectivity index (χ2v) is 5.20. The number of halogens is 1. The Bertz CT molecular complexity index is 510. The van der Waals surface area contributed by atoms with E-state index in [1.165, 1.54) is 10.4 Å². The highest BCUT2D eigenvalue weighted by Gasteiger charge is 2.01. The Balaban J connectivity index is 2.04. The number of rotatable bonds is 4. The van der Waals surface area contributed by atoms with E-state index in [1.54, 1.807) is 18.4 Å². The molecule has 1 N–H and O–H groups in total. The Labute approximate surface area is 110 Å². The average Bonchev–Trinajstić information content (AvgIpc) is 2.73. The zero-order valence-corrected chi connectivity index (χ0v) is 11.4. The molecule has 2 rings (SSSR count). The summed E-state index contributed by atoms with van der Waals surface area (Å²) in [6, 6.07) is 7.99. The standard InChI is InChI=1S/C13H14ClNOS/c1-9-5-11(16-2)3-4-13(9)15-7-12-6-10(14)8-17-12/h3-6,8,15H,7H2,1-2H3. The number of anilines is 1. The molecule has 17 heavy (non-hydrogen) atoms. The molecule has 90 valence electrons. The van der Waals surface area contributed by atoms with Gasteiger partial charge in [-0.15, -0.1) is 11.3 Å². The van der Waals surface area contributed by atoms with Gasteiger partial charge in [0.2, 0.25) is 0 Å². The molecule has 1 heterocycles. The first-order valence-electron chi connectivity index (χ1n) is 5.30. The number of ether oxygens (including phenoxy) is 1. The summed E-state index contributed by atoms with van der Waals surface area (Å²) in [7, 11) is 1.68. The van der Waals surface area contributed by atoms with Crippen LogP contribution in [0.4, 0.5) is 5.69 Å². The molecule has 0 aliphatic carbocycles. The van der Waals surface area contributed by atoms with Gasteiger partial charge in [-0.05, 0) is 36.8 Å². The molecule has 2 nitrogen and oxygen atoms in total. The molecule has 0 spiro atoms. The monoisotopic (exact) mass is 267 g/mol. The van der Waals surface area contributed by atoms with Crippen molar-refractivity contribution >= 4 is 28.6 Å². The van der Waals surface area contributed by atoms with Crippen molar-refractivity contribution < 1.29 is 4.74 Å². The minimum atomic E-state index is 0.796. The lowest BCUT2D eigenvalue weighted by Gasteiger charge is -2.09. The van der Waals surface area contributed by atoms with Crippen LogP contribution in [0.15, 0.2) is 29.6 Å². The second-order valence-electron chi connectivity index (χ2n) is 3.77. The van der Waals surface area contributed by atoms with Gasteiger partial charge in [-0.3, -0.25) is 0 Å². The highest BCUT2D eigenvalue weighted by atomic mass is 35.5. The Morgan fingerprint density at radius 1 is 1.35 bits per heavy atom. The van der Waals surface area contributed by atoms with E-state index in [-0.39, 0.29) is 0 Å². The Kier molecular flexibility index (Phi) is 3.92. The Morgan fingerprint density at radius 3 is 2.76 bits per heavy atom. The minimum Gasteiger partial charge on any atom is -0.497 e. The number of hydrogen-bond acceptors (Lipinski definition) is 3. The maximum atomic E-state index is 5.88. The fourth-order valence-electron chi connectivity index (χ4n) is 1.59. The normalized spacial score (nSPS) is 10.3. The Morgan fingerprint density at radius 2 is 2.18 bits per heavy atom. The Hall–Kier alpha value is -1.19. The summed E-state index contributed by atoms with van der Waals surface area (Å²) in [6.45, 7) is 2.86. The number of nitrogens with one attached hydrogen (secondary N) is 1.